The summed E-state index contributed by atoms with van der Waals surface area (Å²) in [6.45, 7) is 4.67. The van der Waals surface area contributed by atoms with Gasteiger partial charge in [0.2, 0.25) is 5.91 Å². The van der Waals surface area contributed by atoms with E-state index in [-0.39, 0.29) is 0 Å². The number of piperazine rings is 1. The van der Waals surface area contributed by atoms with Crippen molar-refractivity contribution in [1.82, 2.24) is 10.2 Å². The molecule has 3 heterocycles. The monoisotopic (exact) mass is 311 g/mol. The lowest BCUT2D eigenvalue weighted by atomic mass is 10.2. The van der Waals surface area contributed by atoms with E-state index < -0.39 is 0 Å². The van der Waals surface area contributed by atoms with E-state index in [1.807, 2.05) is 16.7 Å². The van der Waals surface area contributed by atoms with Gasteiger partial charge >= 0.3 is 0 Å². The molecule has 1 aromatic heterocycles. The minimum absolute atomic E-state index is 0.316. The number of carbonyl (C=O) groups is 1. The molecule has 2 aliphatic rings. The fourth-order valence-corrected chi connectivity index (χ4v) is 4.45. The molecule has 2 aliphatic heterocycles. The Morgan fingerprint density at radius 2 is 2.20 bits per heavy atom. The van der Waals surface area contributed by atoms with Crippen LogP contribution in [0.1, 0.15) is 6.42 Å². The Kier molecular flexibility index (Phi) is 4.86. The second-order valence-corrected chi connectivity index (χ2v) is 7.33. The number of hydrogen-bond donors (Lipinski definition) is 1. The lowest BCUT2D eigenvalue weighted by Gasteiger charge is -2.36. The molecule has 0 bridgehead atoms. The molecule has 0 spiro atoms. The second-order valence-electron chi connectivity index (χ2n) is 5.25. The number of hydrogen-bond acceptors (Lipinski definition) is 5. The van der Waals surface area contributed by atoms with E-state index in [9.17, 15) is 4.79 Å². The average Bonchev–Trinajstić information content (AvgIpc) is 3.03. The molecule has 0 aromatic carbocycles. The van der Waals surface area contributed by atoms with Crippen molar-refractivity contribution >= 4 is 34.0 Å². The summed E-state index contributed by atoms with van der Waals surface area (Å²) in [5, 5.41) is 6.88. The molecule has 4 nitrogen and oxygen atoms in total. The van der Waals surface area contributed by atoms with Gasteiger partial charge < -0.3 is 15.1 Å². The van der Waals surface area contributed by atoms with Gasteiger partial charge in [0.25, 0.3) is 0 Å². The zero-order valence-corrected chi connectivity index (χ0v) is 13.2. The minimum atomic E-state index is 0.316. The van der Waals surface area contributed by atoms with Crippen LogP contribution in [0.15, 0.2) is 17.5 Å². The lowest BCUT2D eigenvalue weighted by molar-refractivity contribution is -0.131. The van der Waals surface area contributed by atoms with E-state index in [0.29, 0.717) is 18.4 Å². The van der Waals surface area contributed by atoms with Gasteiger partial charge in [-0.15, -0.1) is 11.3 Å². The summed E-state index contributed by atoms with van der Waals surface area (Å²) in [4.78, 5) is 16.7. The van der Waals surface area contributed by atoms with Gasteiger partial charge in [-0.1, -0.05) is 0 Å². The van der Waals surface area contributed by atoms with Gasteiger partial charge in [0.1, 0.15) is 0 Å². The zero-order chi connectivity index (χ0) is 13.8. The summed E-state index contributed by atoms with van der Waals surface area (Å²) in [5.41, 5.74) is 0. The number of rotatable bonds is 3. The van der Waals surface area contributed by atoms with E-state index >= 15 is 0 Å². The van der Waals surface area contributed by atoms with Crippen molar-refractivity contribution in [3.05, 3.63) is 17.5 Å². The Morgan fingerprint density at radius 1 is 1.35 bits per heavy atom. The molecule has 6 heteroatoms. The third kappa shape index (κ3) is 3.48. The molecule has 20 heavy (non-hydrogen) atoms. The van der Waals surface area contributed by atoms with Gasteiger partial charge in [-0.05, 0) is 17.5 Å². The van der Waals surface area contributed by atoms with Crippen molar-refractivity contribution in [3.8, 4) is 0 Å². The highest BCUT2D eigenvalue weighted by Gasteiger charge is 2.24. The van der Waals surface area contributed by atoms with Crippen LogP contribution in [0, 0.1) is 0 Å². The second kappa shape index (κ2) is 6.83. The molecule has 1 amide bonds. The van der Waals surface area contributed by atoms with Gasteiger partial charge in [0, 0.05) is 56.7 Å². The minimum Gasteiger partial charge on any atom is -0.360 e. The standard InChI is InChI=1S/C14H21N3OS2/c18-13(10-12-11-19-9-3-15-12)16-4-6-17(7-5-16)14-2-1-8-20-14/h1-2,8,12,15H,3-7,9-11H2. The summed E-state index contributed by atoms with van der Waals surface area (Å²) < 4.78 is 0. The van der Waals surface area contributed by atoms with Crippen LogP contribution in [0.3, 0.4) is 0 Å². The Balaban J connectivity index is 1.46. The fourth-order valence-electron chi connectivity index (χ4n) is 2.72. The van der Waals surface area contributed by atoms with E-state index in [1.54, 1.807) is 11.3 Å². The Morgan fingerprint density at radius 3 is 2.85 bits per heavy atom. The largest absolute Gasteiger partial charge is 0.360 e. The van der Waals surface area contributed by atoms with Gasteiger partial charge in [0.05, 0.1) is 5.00 Å². The van der Waals surface area contributed by atoms with E-state index in [4.69, 9.17) is 0 Å². The van der Waals surface area contributed by atoms with Crippen LogP contribution in [0.25, 0.3) is 0 Å². The van der Waals surface area contributed by atoms with Crippen molar-refractivity contribution in [1.29, 1.82) is 0 Å². The van der Waals surface area contributed by atoms with Gasteiger partial charge in [-0.2, -0.15) is 11.8 Å². The molecule has 110 valence electrons. The Labute approximate surface area is 128 Å². The summed E-state index contributed by atoms with van der Waals surface area (Å²) in [7, 11) is 0. The highest BCUT2D eigenvalue weighted by molar-refractivity contribution is 7.99. The molecule has 1 unspecified atom stereocenters. The topological polar surface area (TPSA) is 35.6 Å². The zero-order valence-electron chi connectivity index (χ0n) is 11.6. The van der Waals surface area contributed by atoms with Gasteiger partial charge in [-0.25, -0.2) is 0 Å². The molecule has 2 fully saturated rings. The van der Waals surface area contributed by atoms with Gasteiger partial charge in [-0.3, -0.25) is 4.79 Å². The molecule has 0 aliphatic carbocycles. The summed E-state index contributed by atoms with van der Waals surface area (Å²) in [5.74, 6) is 2.56. The fraction of sp³-hybridized carbons (Fsp3) is 0.643. The van der Waals surface area contributed by atoms with Crippen LogP contribution >= 0.6 is 23.1 Å². The molecule has 1 atom stereocenters. The molecule has 1 N–H and O–H groups in total. The number of carbonyl (C=O) groups excluding carboxylic acids is 1. The maximum Gasteiger partial charge on any atom is 0.224 e. The molecule has 0 saturated carbocycles. The maximum atomic E-state index is 12.3. The van der Waals surface area contributed by atoms with Crippen LogP contribution < -0.4 is 10.2 Å². The Hall–Kier alpha value is -0.720. The SMILES string of the molecule is O=C(CC1CSCCN1)N1CCN(c2cccs2)CC1. The predicted octanol–water partition coefficient (Wildman–Crippen LogP) is 1.49. The molecule has 3 rings (SSSR count). The number of nitrogens with zero attached hydrogens (tertiary/aromatic N) is 2. The van der Waals surface area contributed by atoms with Crippen molar-refractivity contribution in [2.75, 3.05) is 49.1 Å². The molecular formula is C14H21N3OS2. The summed E-state index contributed by atoms with van der Waals surface area (Å²) in [6, 6.07) is 4.62. The van der Waals surface area contributed by atoms with Crippen molar-refractivity contribution in [2.45, 2.75) is 12.5 Å². The summed E-state index contributed by atoms with van der Waals surface area (Å²) >= 11 is 3.73. The van der Waals surface area contributed by atoms with Crippen molar-refractivity contribution in [2.24, 2.45) is 0 Å². The molecule has 0 radical (unpaired) electrons. The first-order chi connectivity index (χ1) is 9.83. The molecule has 1 aromatic rings. The van der Waals surface area contributed by atoms with Crippen LogP contribution in [0.5, 0.6) is 0 Å². The smallest absolute Gasteiger partial charge is 0.224 e. The normalized spacial score (nSPS) is 23.9. The van der Waals surface area contributed by atoms with E-state index in [1.165, 1.54) is 10.8 Å². The summed E-state index contributed by atoms with van der Waals surface area (Å²) in [6.07, 6.45) is 0.659. The van der Waals surface area contributed by atoms with E-state index in [2.05, 4.69) is 27.7 Å². The van der Waals surface area contributed by atoms with Gasteiger partial charge in [0.15, 0.2) is 0 Å². The number of thioether (sulfide) groups is 1. The van der Waals surface area contributed by atoms with E-state index in [0.717, 1.165) is 38.5 Å². The highest BCUT2D eigenvalue weighted by Crippen LogP contribution is 2.22. The lowest BCUT2D eigenvalue weighted by Crippen LogP contribution is -2.50. The number of thiophene rings is 1. The van der Waals surface area contributed by atoms with Crippen LogP contribution in [-0.4, -0.2) is 61.1 Å². The predicted molar refractivity (Wildman–Crippen MR) is 86.8 cm³/mol. The average molecular weight is 311 g/mol. The number of anilines is 1. The van der Waals surface area contributed by atoms with Crippen LogP contribution in [0.4, 0.5) is 5.00 Å². The quantitative estimate of drug-likeness (QED) is 0.917. The first kappa shape index (κ1) is 14.2. The third-order valence-electron chi connectivity index (χ3n) is 3.87. The maximum absolute atomic E-state index is 12.3. The first-order valence-electron chi connectivity index (χ1n) is 7.20. The Bertz CT molecular complexity index is 424. The highest BCUT2D eigenvalue weighted by atomic mass is 32.2. The first-order valence-corrected chi connectivity index (χ1v) is 9.24. The molecular weight excluding hydrogens is 290 g/mol. The van der Waals surface area contributed by atoms with Crippen LogP contribution in [0.2, 0.25) is 0 Å². The molecule has 2 saturated heterocycles. The number of amides is 1. The number of nitrogens with one attached hydrogen (secondary N) is 1. The van der Waals surface area contributed by atoms with Crippen molar-refractivity contribution in [3.63, 3.8) is 0 Å². The third-order valence-corrected chi connectivity index (χ3v) is 5.93. The van der Waals surface area contributed by atoms with Crippen molar-refractivity contribution < 1.29 is 4.79 Å². The van der Waals surface area contributed by atoms with Crippen LogP contribution in [-0.2, 0) is 4.79 Å².